The van der Waals surface area contributed by atoms with Gasteiger partial charge in [-0.3, -0.25) is 0 Å². The Morgan fingerprint density at radius 3 is 2.95 bits per heavy atom. The number of hydrogen-bond acceptors (Lipinski definition) is 5. The summed E-state index contributed by atoms with van der Waals surface area (Å²) in [7, 11) is 0. The van der Waals surface area contributed by atoms with Crippen molar-refractivity contribution >= 4 is 11.9 Å². The average Bonchev–Trinajstić information content (AvgIpc) is 2.39. The highest BCUT2D eigenvalue weighted by atomic mass is 16.5. The van der Waals surface area contributed by atoms with E-state index in [2.05, 4.69) is 22.2 Å². The molecule has 0 spiro atoms. The number of nitrogens with zero attached hydrogens (tertiary/aromatic N) is 2. The van der Waals surface area contributed by atoms with Crippen molar-refractivity contribution in [2.45, 2.75) is 52.5 Å². The molecule has 0 bridgehead atoms. The predicted octanol–water partition coefficient (Wildman–Crippen LogP) is 2.95. The fourth-order valence-corrected chi connectivity index (χ4v) is 2.69. The molecule has 1 aliphatic rings. The van der Waals surface area contributed by atoms with Gasteiger partial charge in [-0.1, -0.05) is 19.8 Å². The van der Waals surface area contributed by atoms with E-state index in [0.717, 1.165) is 18.8 Å². The summed E-state index contributed by atoms with van der Waals surface area (Å²) >= 11 is 0. The summed E-state index contributed by atoms with van der Waals surface area (Å²) < 4.78 is 4.97. The molecule has 1 aromatic heterocycles. The van der Waals surface area contributed by atoms with Gasteiger partial charge in [-0.25, -0.2) is 14.8 Å². The van der Waals surface area contributed by atoms with E-state index in [1.807, 2.05) is 6.92 Å². The van der Waals surface area contributed by atoms with Crippen molar-refractivity contribution in [2.24, 2.45) is 5.92 Å². The summed E-state index contributed by atoms with van der Waals surface area (Å²) in [6, 6.07) is 0.437. The Bertz CT molecular complexity index is 476. The Labute approximate surface area is 120 Å². The number of aryl methyl sites for hydroxylation is 1. The predicted molar refractivity (Wildman–Crippen MR) is 77.8 cm³/mol. The Morgan fingerprint density at radius 1 is 1.50 bits per heavy atom. The minimum atomic E-state index is -0.358. The number of carbonyl (C=O) groups is 1. The SMILES string of the molecule is CCOC(=O)c1cnc(NC2CCCC(C)C2)nc1C. The molecule has 0 radical (unpaired) electrons. The number of esters is 1. The van der Waals surface area contributed by atoms with E-state index in [1.165, 1.54) is 12.8 Å². The fourth-order valence-electron chi connectivity index (χ4n) is 2.69. The number of anilines is 1. The zero-order chi connectivity index (χ0) is 14.5. The van der Waals surface area contributed by atoms with Crippen LogP contribution >= 0.6 is 0 Å². The summed E-state index contributed by atoms with van der Waals surface area (Å²) in [6.07, 6.45) is 6.42. The van der Waals surface area contributed by atoms with Crippen LogP contribution in [0.5, 0.6) is 0 Å². The van der Waals surface area contributed by atoms with Gasteiger partial charge in [-0.15, -0.1) is 0 Å². The molecule has 0 aromatic carbocycles. The molecule has 2 rings (SSSR count). The number of aromatic nitrogens is 2. The Hall–Kier alpha value is -1.65. The van der Waals surface area contributed by atoms with Crippen LogP contribution in [0.4, 0.5) is 5.95 Å². The van der Waals surface area contributed by atoms with Gasteiger partial charge in [0, 0.05) is 12.2 Å². The van der Waals surface area contributed by atoms with Crippen LogP contribution in [0.1, 0.15) is 55.6 Å². The van der Waals surface area contributed by atoms with Crippen LogP contribution in [0.15, 0.2) is 6.20 Å². The minimum Gasteiger partial charge on any atom is -0.462 e. The number of ether oxygens (including phenoxy) is 1. The zero-order valence-corrected chi connectivity index (χ0v) is 12.5. The van der Waals surface area contributed by atoms with Gasteiger partial charge in [0.1, 0.15) is 0 Å². The first-order chi connectivity index (χ1) is 9.60. The van der Waals surface area contributed by atoms with E-state index in [1.54, 1.807) is 13.1 Å². The molecular weight excluding hydrogens is 254 g/mol. The number of hydrogen-bond donors (Lipinski definition) is 1. The summed E-state index contributed by atoms with van der Waals surface area (Å²) in [5.74, 6) is 0.999. The lowest BCUT2D eigenvalue weighted by Crippen LogP contribution is -2.27. The molecular formula is C15H23N3O2. The van der Waals surface area contributed by atoms with Crippen molar-refractivity contribution in [3.63, 3.8) is 0 Å². The topological polar surface area (TPSA) is 64.1 Å². The molecule has 5 heteroatoms. The van der Waals surface area contributed by atoms with Gasteiger partial charge in [-0.05, 0) is 32.6 Å². The highest BCUT2D eigenvalue weighted by Crippen LogP contribution is 2.25. The van der Waals surface area contributed by atoms with E-state index < -0.39 is 0 Å². The van der Waals surface area contributed by atoms with E-state index in [4.69, 9.17) is 4.74 Å². The van der Waals surface area contributed by atoms with Crippen LogP contribution in [0, 0.1) is 12.8 Å². The molecule has 1 aromatic rings. The van der Waals surface area contributed by atoms with Crippen LogP contribution < -0.4 is 5.32 Å². The largest absolute Gasteiger partial charge is 0.462 e. The quantitative estimate of drug-likeness (QED) is 0.857. The molecule has 20 heavy (non-hydrogen) atoms. The monoisotopic (exact) mass is 277 g/mol. The molecule has 1 saturated carbocycles. The van der Waals surface area contributed by atoms with E-state index >= 15 is 0 Å². The standard InChI is InChI=1S/C15H23N3O2/c1-4-20-14(19)13-9-16-15(17-11(13)3)18-12-7-5-6-10(2)8-12/h9-10,12H,4-8H2,1-3H3,(H,16,17,18). The first-order valence-corrected chi connectivity index (χ1v) is 7.37. The molecule has 1 N–H and O–H groups in total. The van der Waals surface area contributed by atoms with Crippen LogP contribution in [-0.4, -0.2) is 28.6 Å². The maximum atomic E-state index is 11.7. The first kappa shape index (κ1) is 14.8. The second kappa shape index (κ2) is 6.68. The van der Waals surface area contributed by atoms with Crippen LogP contribution in [0.3, 0.4) is 0 Å². The molecule has 1 fully saturated rings. The molecule has 110 valence electrons. The molecule has 2 unspecified atom stereocenters. The van der Waals surface area contributed by atoms with Crippen molar-refractivity contribution in [1.29, 1.82) is 0 Å². The summed E-state index contributed by atoms with van der Waals surface area (Å²) in [4.78, 5) is 20.3. The van der Waals surface area contributed by atoms with Crippen molar-refractivity contribution in [3.05, 3.63) is 17.5 Å². The average molecular weight is 277 g/mol. The molecule has 0 aliphatic heterocycles. The van der Waals surface area contributed by atoms with Gasteiger partial charge in [0.2, 0.25) is 5.95 Å². The molecule has 0 saturated heterocycles. The van der Waals surface area contributed by atoms with Gasteiger partial charge in [0.25, 0.3) is 0 Å². The lowest BCUT2D eigenvalue weighted by atomic mass is 9.87. The number of carbonyl (C=O) groups excluding carboxylic acids is 1. The van der Waals surface area contributed by atoms with Crippen LogP contribution in [0.2, 0.25) is 0 Å². The van der Waals surface area contributed by atoms with Crippen LogP contribution in [0.25, 0.3) is 0 Å². The third-order valence-corrected chi connectivity index (χ3v) is 3.74. The molecule has 1 aliphatic carbocycles. The van der Waals surface area contributed by atoms with Crippen molar-refractivity contribution < 1.29 is 9.53 Å². The lowest BCUT2D eigenvalue weighted by molar-refractivity contribution is 0.0524. The first-order valence-electron chi connectivity index (χ1n) is 7.37. The van der Waals surface area contributed by atoms with Crippen molar-refractivity contribution in [3.8, 4) is 0 Å². The Kier molecular flexibility index (Phi) is 4.93. The van der Waals surface area contributed by atoms with Gasteiger partial charge < -0.3 is 10.1 Å². The number of nitrogens with one attached hydrogen (secondary N) is 1. The van der Waals surface area contributed by atoms with E-state index in [0.29, 0.717) is 29.9 Å². The fraction of sp³-hybridized carbons (Fsp3) is 0.667. The van der Waals surface area contributed by atoms with Crippen molar-refractivity contribution in [2.75, 3.05) is 11.9 Å². The Balaban J connectivity index is 2.03. The van der Waals surface area contributed by atoms with Gasteiger partial charge >= 0.3 is 5.97 Å². The molecule has 1 heterocycles. The third-order valence-electron chi connectivity index (χ3n) is 3.74. The third kappa shape index (κ3) is 3.68. The van der Waals surface area contributed by atoms with Crippen molar-refractivity contribution in [1.82, 2.24) is 9.97 Å². The molecule has 0 amide bonds. The summed E-state index contributed by atoms with van der Waals surface area (Å²) in [5.41, 5.74) is 1.10. The van der Waals surface area contributed by atoms with Gasteiger partial charge in [0.05, 0.1) is 17.9 Å². The normalized spacial score (nSPS) is 22.4. The maximum absolute atomic E-state index is 11.7. The summed E-state index contributed by atoms with van der Waals surface area (Å²) in [5, 5.41) is 3.38. The second-order valence-electron chi connectivity index (χ2n) is 5.53. The zero-order valence-electron chi connectivity index (χ0n) is 12.5. The maximum Gasteiger partial charge on any atom is 0.341 e. The number of rotatable bonds is 4. The molecule has 5 nitrogen and oxygen atoms in total. The van der Waals surface area contributed by atoms with Gasteiger partial charge in [-0.2, -0.15) is 0 Å². The van der Waals surface area contributed by atoms with E-state index in [9.17, 15) is 4.79 Å². The lowest BCUT2D eigenvalue weighted by Gasteiger charge is -2.27. The van der Waals surface area contributed by atoms with Gasteiger partial charge in [0.15, 0.2) is 0 Å². The summed E-state index contributed by atoms with van der Waals surface area (Å²) in [6.45, 7) is 6.24. The van der Waals surface area contributed by atoms with E-state index in [-0.39, 0.29) is 5.97 Å². The highest BCUT2D eigenvalue weighted by Gasteiger charge is 2.20. The molecule has 2 atom stereocenters. The Morgan fingerprint density at radius 2 is 2.30 bits per heavy atom. The smallest absolute Gasteiger partial charge is 0.341 e. The minimum absolute atomic E-state index is 0.358. The second-order valence-corrected chi connectivity index (χ2v) is 5.53. The van der Waals surface area contributed by atoms with Crippen LogP contribution in [-0.2, 0) is 4.74 Å². The highest BCUT2D eigenvalue weighted by molar-refractivity contribution is 5.90.